The Morgan fingerprint density at radius 1 is 1.17 bits per heavy atom. The summed E-state index contributed by atoms with van der Waals surface area (Å²) in [6.45, 7) is 4.62. The molecule has 2 aliphatic rings. The molecule has 0 aromatic heterocycles. The van der Waals surface area contributed by atoms with E-state index < -0.39 is 0 Å². The zero-order chi connectivity index (χ0) is 13.0. The van der Waals surface area contributed by atoms with E-state index in [0.29, 0.717) is 12.1 Å². The topological polar surface area (TPSA) is 24.5 Å². The quantitative estimate of drug-likeness (QED) is 0.783. The van der Waals surface area contributed by atoms with Crippen LogP contribution in [-0.2, 0) is 4.74 Å². The number of likely N-dealkylation sites (tertiary alicyclic amines) is 1. The second-order valence-corrected chi connectivity index (χ2v) is 6.33. The second-order valence-electron chi connectivity index (χ2n) is 6.33. The molecule has 0 bridgehead atoms. The molecule has 1 saturated carbocycles. The van der Waals surface area contributed by atoms with E-state index in [9.17, 15) is 0 Å². The summed E-state index contributed by atoms with van der Waals surface area (Å²) in [5.74, 6) is 0. The van der Waals surface area contributed by atoms with E-state index in [2.05, 4.69) is 24.2 Å². The summed E-state index contributed by atoms with van der Waals surface area (Å²) < 4.78 is 5.74. The fourth-order valence-corrected chi connectivity index (χ4v) is 3.76. The number of hydrogen-bond acceptors (Lipinski definition) is 3. The molecule has 2 rings (SSSR count). The molecular formula is C15H30N2O. The van der Waals surface area contributed by atoms with Crippen LogP contribution in [0.1, 0.15) is 51.9 Å². The van der Waals surface area contributed by atoms with E-state index in [4.69, 9.17) is 4.74 Å². The van der Waals surface area contributed by atoms with Gasteiger partial charge in [0.25, 0.3) is 0 Å². The molecule has 1 saturated heterocycles. The molecule has 0 radical (unpaired) electrons. The first-order chi connectivity index (χ1) is 8.68. The van der Waals surface area contributed by atoms with Crippen LogP contribution in [0.25, 0.3) is 0 Å². The van der Waals surface area contributed by atoms with Gasteiger partial charge >= 0.3 is 0 Å². The Kier molecular flexibility index (Phi) is 5.05. The first-order valence-corrected chi connectivity index (χ1v) is 7.65. The fraction of sp³-hybridized carbons (Fsp3) is 1.00. The van der Waals surface area contributed by atoms with Gasteiger partial charge in [0.1, 0.15) is 0 Å². The van der Waals surface area contributed by atoms with Crippen LogP contribution in [0.4, 0.5) is 0 Å². The highest BCUT2D eigenvalue weighted by Gasteiger charge is 2.36. The van der Waals surface area contributed by atoms with Crippen LogP contribution in [0, 0.1) is 0 Å². The Balaban J connectivity index is 2.03. The van der Waals surface area contributed by atoms with Gasteiger partial charge in [-0.15, -0.1) is 0 Å². The third kappa shape index (κ3) is 3.25. The van der Waals surface area contributed by atoms with Crippen molar-refractivity contribution in [2.45, 2.75) is 69.6 Å². The van der Waals surface area contributed by atoms with Crippen molar-refractivity contribution in [2.24, 2.45) is 0 Å². The summed E-state index contributed by atoms with van der Waals surface area (Å²) >= 11 is 0. The predicted octanol–water partition coefficient (Wildman–Crippen LogP) is 2.41. The minimum Gasteiger partial charge on any atom is -0.377 e. The average molecular weight is 254 g/mol. The molecule has 1 aliphatic carbocycles. The zero-order valence-electron chi connectivity index (χ0n) is 12.4. The second kappa shape index (κ2) is 6.36. The van der Waals surface area contributed by atoms with Crippen molar-refractivity contribution in [2.75, 3.05) is 27.2 Å². The molecule has 3 atom stereocenters. The van der Waals surface area contributed by atoms with Gasteiger partial charge in [0, 0.05) is 25.7 Å². The van der Waals surface area contributed by atoms with E-state index in [0.717, 1.165) is 6.54 Å². The van der Waals surface area contributed by atoms with E-state index in [1.165, 1.54) is 51.5 Å². The van der Waals surface area contributed by atoms with Crippen LogP contribution >= 0.6 is 0 Å². The zero-order valence-corrected chi connectivity index (χ0v) is 12.4. The van der Waals surface area contributed by atoms with Crippen molar-refractivity contribution in [3.63, 3.8) is 0 Å². The van der Waals surface area contributed by atoms with Crippen LogP contribution in [0.15, 0.2) is 0 Å². The smallest absolute Gasteiger partial charge is 0.0777 e. The Morgan fingerprint density at radius 3 is 2.67 bits per heavy atom. The van der Waals surface area contributed by atoms with E-state index in [1.807, 2.05) is 7.11 Å². The number of likely N-dealkylation sites (N-methyl/N-ethyl adjacent to an activating group) is 1. The molecule has 1 aliphatic heterocycles. The Hall–Kier alpha value is -0.120. The predicted molar refractivity (Wildman–Crippen MR) is 75.9 cm³/mol. The first-order valence-electron chi connectivity index (χ1n) is 7.65. The monoisotopic (exact) mass is 254 g/mol. The van der Waals surface area contributed by atoms with E-state index in [-0.39, 0.29) is 5.60 Å². The molecule has 106 valence electrons. The summed E-state index contributed by atoms with van der Waals surface area (Å²) in [7, 11) is 3.99. The largest absolute Gasteiger partial charge is 0.377 e. The number of piperidine rings is 1. The van der Waals surface area contributed by atoms with Gasteiger partial charge in [-0.2, -0.15) is 0 Å². The number of rotatable bonds is 3. The Morgan fingerprint density at radius 2 is 1.94 bits per heavy atom. The number of hydrogen-bond donors (Lipinski definition) is 1. The summed E-state index contributed by atoms with van der Waals surface area (Å²) in [5, 5.41) is 3.55. The van der Waals surface area contributed by atoms with Crippen molar-refractivity contribution in [1.29, 1.82) is 0 Å². The number of nitrogens with one attached hydrogen (secondary N) is 1. The van der Waals surface area contributed by atoms with Crippen LogP contribution in [0.2, 0.25) is 0 Å². The molecular weight excluding hydrogens is 224 g/mol. The minimum absolute atomic E-state index is 0.0723. The lowest BCUT2D eigenvalue weighted by Gasteiger charge is -2.45. The van der Waals surface area contributed by atoms with Crippen molar-refractivity contribution in [3.05, 3.63) is 0 Å². The summed E-state index contributed by atoms with van der Waals surface area (Å²) in [5.41, 5.74) is 0.0723. The summed E-state index contributed by atoms with van der Waals surface area (Å²) in [6.07, 6.45) is 9.35. The molecule has 3 heteroatoms. The highest BCUT2D eigenvalue weighted by molar-refractivity contribution is 4.92. The van der Waals surface area contributed by atoms with Crippen LogP contribution in [0.5, 0.6) is 0 Å². The van der Waals surface area contributed by atoms with E-state index in [1.54, 1.807) is 0 Å². The third-order valence-electron chi connectivity index (χ3n) is 5.00. The minimum atomic E-state index is 0.0723. The maximum atomic E-state index is 5.74. The maximum absolute atomic E-state index is 5.74. The molecule has 18 heavy (non-hydrogen) atoms. The Bertz CT molecular complexity index is 259. The highest BCUT2D eigenvalue weighted by atomic mass is 16.5. The molecule has 1 heterocycles. The van der Waals surface area contributed by atoms with Crippen molar-refractivity contribution in [1.82, 2.24) is 10.2 Å². The molecule has 0 spiro atoms. The van der Waals surface area contributed by atoms with Gasteiger partial charge in [-0.05, 0) is 46.2 Å². The first kappa shape index (κ1) is 14.3. The normalized spacial score (nSPS) is 39.5. The molecule has 0 aromatic rings. The van der Waals surface area contributed by atoms with Gasteiger partial charge in [-0.3, -0.25) is 4.90 Å². The lowest BCUT2D eigenvalue weighted by Crippen LogP contribution is -2.56. The van der Waals surface area contributed by atoms with Crippen molar-refractivity contribution in [3.8, 4) is 0 Å². The maximum Gasteiger partial charge on any atom is 0.0777 e. The molecule has 2 fully saturated rings. The third-order valence-corrected chi connectivity index (χ3v) is 5.00. The molecule has 3 unspecified atom stereocenters. The van der Waals surface area contributed by atoms with Gasteiger partial charge < -0.3 is 10.1 Å². The lowest BCUT2D eigenvalue weighted by atomic mass is 9.91. The Labute approximate surface area is 112 Å². The number of nitrogens with zero attached hydrogens (tertiary/aromatic N) is 1. The highest BCUT2D eigenvalue weighted by Crippen LogP contribution is 2.30. The van der Waals surface area contributed by atoms with Gasteiger partial charge in [0.15, 0.2) is 0 Å². The standard InChI is InChI=1S/C15H30N2O/c1-15(18-3)10-7-11-17(12-15)14-9-6-4-5-8-13(14)16-2/h13-14,16H,4-12H2,1-3H3. The molecule has 1 N–H and O–H groups in total. The van der Waals surface area contributed by atoms with Gasteiger partial charge in [-0.1, -0.05) is 19.3 Å². The van der Waals surface area contributed by atoms with Crippen molar-refractivity contribution >= 4 is 0 Å². The average Bonchev–Trinajstić information content (AvgIpc) is 2.63. The van der Waals surface area contributed by atoms with Gasteiger partial charge in [0.2, 0.25) is 0 Å². The number of ether oxygens (including phenoxy) is 1. The van der Waals surface area contributed by atoms with Crippen LogP contribution in [-0.4, -0.2) is 49.8 Å². The van der Waals surface area contributed by atoms with Crippen molar-refractivity contribution < 1.29 is 4.74 Å². The SMILES string of the molecule is CNC1CCCCCC1N1CCCC(C)(OC)C1. The van der Waals surface area contributed by atoms with E-state index >= 15 is 0 Å². The molecule has 0 amide bonds. The number of methoxy groups -OCH3 is 1. The van der Waals surface area contributed by atoms with Gasteiger partial charge in [0.05, 0.1) is 5.60 Å². The fourth-order valence-electron chi connectivity index (χ4n) is 3.76. The van der Waals surface area contributed by atoms with Gasteiger partial charge in [-0.25, -0.2) is 0 Å². The van der Waals surface area contributed by atoms with Crippen LogP contribution in [0.3, 0.4) is 0 Å². The molecule has 0 aromatic carbocycles. The summed E-state index contributed by atoms with van der Waals surface area (Å²) in [4.78, 5) is 2.69. The molecule has 3 nitrogen and oxygen atoms in total. The summed E-state index contributed by atoms with van der Waals surface area (Å²) in [6, 6.07) is 1.39. The lowest BCUT2D eigenvalue weighted by molar-refractivity contribution is -0.0653. The van der Waals surface area contributed by atoms with Crippen LogP contribution < -0.4 is 5.32 Å².